The molecule has 0 radical (unpaired) electrons. The summed E-state index contributed by atoms with van der Waals surface area (Å²) in [4.78, 5) is 23.6. The fraction of sp³-hybridized carbons (Fsp3) is 0.176. The lowest BCUT2D eigenvalue weighted by molar-refractivity contribution is -0.125. The van der Waals surface area contributed by atoms with Gasteiger partial charge in [0.25, 0.3) is 5.91 Å². The minimum absolute atomic E-state index is 0.177. The Kier molecular flexibility index (Phi) is 6.46. The molecule has 0 saturated carbocycles. The van der Waals surface area contributed by atoms with E-state index in [2.05, 4.69) is 10.6 Å². The molecule has 0 atom stereocenters. The third-order valence-electron chi connectivity index (χ3n) is 3.06. The largest absolute Gasteiger partial charge is 0.484 e. The van der Waals surface area contributed by atoms with Crippen LogP contribution in [0.25, 0.3) is 0 Å². The Labute approximate surface area is 149 Å². The van der Waals surface area contributed by atoms with Gasteiger partial charge in [-0.1, -0.05) is 47.0 Å². The van der Waals surface area contributed by atoms with Crippen molar-refractivity contribution in [3.8, 4) is 5.75 Å². The van der Waals surface area contributed by atoms with Gasteiger partial charge in [0.2, 0.25) is 5.91 Å². The summed E-state index contributed by atoms with van der Waals surface area (Å²) in [6.45, 7) is 1.57. The maximum Gasteiger partial charge on any atom is 0.258 e. The number of anilines is 1. The van der Waals surface area contributed by atoms with E-state index in [0.29, 0.717) is 21.5 Å². The highest BCUT2D eigenvalue weighted by Crippen LogP contribution is 2.29. The van der Waals surface area contributed by atoms with Gasteiger partial charge in [0.15, 0.2) is 6.61 Å². The lowest BCUT2D eigenvalue weighted by Crippen LogP contribution is -2.35. The van der Waals surface area contributed by atoms with Gasteiger partial charge in [0.1, 0.15) is 5.75 Å². The molecule has 24 heavy (non-hydrogen) atoms. The van der Waals surface area contributed by atoms with Crippen molar-refractivity contribution >= 4 is 40.7 Å². The van der Waals surface area contributed by atoms with E-state index >= 15 is 0 Å². The van der Waals surface area contributed by atoms with E-state index in [1.165, 1.54) is 0 Å². The molecule has 2 N–H and O–H groups in total. The molecular formula is C17H16Cl2N2O3. The van der Waals surface area contributed by atoms with Crippen LogP contribution in [0.15, 0.2) is 42.5 Å². The Morgan fingerprint density at radius 1 is 1.00 bits per heavy atom. The Hall–Kier alpha value is -2.24. The van der Waals surface area contributed by atoms with Crippen LogP contribution < -0.4 is 15.4 Å². The normalized spacial score (nSPS) is 10.1. The standard InChI is InChI=1S/C17H16Cl2N2O3/c1-11-5-7-12(8-6-11)24-10-16(23)20-9-15(22)21-17-13(18)3-2-4-14(17)19/h2-8H,9-10H2,1H3,(H,20,23)(H,21,22). The maximum atomic E-state index is 11.8. The second-order valence-electron chi connectivity index (χ2n) is 5.02. The van der Waals surface area contributed by atoms with Crippen molar-refractivity contribution in [2.24, 2.45) is 0 Å². The summed E-state index contributed by atoms with van der Waals surface area (Å²) < 4.78 is 5.33. The number of ether oxygens (including phenoxy) is 1. The molecule has 0 unspecified atom stereocenters. The van der Waals surface area contributed by atoms with Crippen LogP contribution in [-0.2, 0) is 9.59 Å². The van der Waals surface area contributed by atoms with Gasteiger partial charge in [-0.05, 0) is 31.2 Å². The monoisotopic (exact) mass is 366 g/mol. The molecule has 0 bridgehead atoms. The summed E-state index contributed by atoms with van der Waals surface area (Å²) in [6, 6.07) is 12.2. The third kappa shape index (κ3) is 5.44. The van der Waals surface area contributed by atoms with E-state index in [1.807, 2.05) is 19.1 Å². The zero-order valence-corrected chi connectivity index (χ0v) is 14.4. The number of carbonyl (C=O) groups is 2. The van der Waals surface area contributed by atoms with Crippen LogP contribution in [0.3, 0.4) is 0 Å². The summed E-state index contributed by atoms with van der Waals surface area (Å²) in [5.41, 5.74) is 1.41. The van der Waals surface area contributed by atoms with Crippen LogP contribution in [0.4, 0.5) is 5.69 Å². The molecule has 0 spiro atoms. The van der Waals surface area contributed by atoms with Gasteiger partial charge in [0, 0.05) is 0 Å². The summed E-state index contributed by atoms with van der Waals surface area (Å²) >= 11 is 11.9. The van der Waals surface area contributed by atoms with E-state index in [4.69, 9.17) is 27.9 Å². The minimum atomic E-state index is -0.436. The maximum absolute atomic E-state index is 11.8. The molecule has 0 aromatic heterocycles. The molecule has 0 heterocycles. The third-order valence-corrected chi connectivity index (χ3v) is 3.69. The molecule has 2 rings (SSSR count). The van der Waals surface area contributed by atoms with E-state index < -0.39 is 11.8 Å². The summed E-state index contributed by atoms with van der Waals surface area (Å²) in [5, 5.41) is 5.66. The summed E-state index contributed by atoms with van der Waals surface area (Å²) in [7, 11) is 0. The predicted octanol–water partition coefficient (Wildman–Crippen LogP) is 3.44. The Morgan fingerprint density at radius 2 is 1.62 bits per heavy atom. The predicted molar refractivity (Wildman–Crippen MR) is 94.8 cm³/mol. The average Bonchev–Trinajstić information content (AvgIpc) is 2.56. The number of amides is 2. The second kappa shape index (κ2) is 8.57. The lowest BCUT2D eigenvalue weighted by atomic mass is 10.2. The lowest BCUT2D eigenvalue weighted by Gasteiger charge is -2.10. The van der Waals surface area contributed by atoms with Gasteiger partial charge in [-0.3, -0.25) is 9.59 Å². The van der Waals surface area contributed by atoms with Crippen molar-refractivity contribution in [1.29, 1.82) is 0 Å². The molecule has 0 aliphatic heterocycles. The molecule has 7 heteroatoms. The number of nitrogens with one attached hydrogen (secondary N) is 2. The van der Waals surface area contributed by atoms with Crippen molar-refractivity contribution in [3.63, 3.8) is 0 Å². The van der Waals surface area contributed by atoms with Crippen LogP contribution >= 0.6 is 23.2 Å². The molecule has 5 nitrogen and oxygen atoms in total. The van der Waals surface area contributed by atoms with Gasteiger partial charge in [0.05, 0.1) is 22.3 Å². The highest BCUT2D eigenvalue weighted by atomic mass is 35.5. The number of carbonyl (C=O) groups excluding carboxylic acids is 2. The van der Waals surface area contributed by atoms with E-state index in [1.54, 1.807) is 30.3 Å². The SMILES string of the molecule is Cc1ccc(OCC(=O)NCC(=O)Nc2c(Cl)cccc2Cl)cc1. The molecule has 126 valence electrons. The molecule has 0 fully saturated rings. The van der Waals surface area contributed by atoms with E-state index in [9.17, 15) is 9.59 Å². The van der Waals surface area contributed by atoms with Gasteiger partial charge < -0.3 is 15.4 Å². The van der Waals surface area contributed by atoms with Gasteiger partial charge in [-0.15, -0.1) is 0 Å². The smallest absolute Gasteiger partial charge is 0.258 e. The molecule has 2 aromatic rings. The molecular weight excluding hydrogens is 351 g/mol. The minimum Gasteiger partial charge on any atom is -0.484 e. The van der Waals surface area contributed by atoms with Crippen LogP contribution in [-0.4, -0.2) is 25.0 Å². The summed E-state index contributed by atoms with van der Waals surface area (Å²) in [5.74, 6) is -0.257. The van der Waals surface area contributed by atoms with Crippen LogP contribution in [0.1, 0.15) is 5.56 Å². The molecule has 0 saturated heterocycles. The molecule has 0 aliphatic carbocycles. The molecule has 2 aromatic carbocycles. The van der Waals surface area contributed by atoms with Crippen molar-refractivity contribution in [1.82, 2.24) is 5.32 Å². The van der Waals surface area contributed by atoms with Crippen LogP contribution in [0, 0.1) is 6.92 Å². The first-order valence-corrected chi connectivity index (χ1v) is 7.91. The number of hydrogen-bond donors (Lipinski definition) is 2. The highest BCUT2D eigenvalue weighted by Gasteiger charge is 2.11. The number of hydrogen-bond acceptors (Lipinski definition) is 3. The van der Waals surface area contributed by atoms with Gasteiger partial charge in [-0.2, -0.15) is 0 Å². The number of benzene rings is 2. The second-order valence-corrected chi connectivity index (χ2v) is 5.84. The van der Waals surface area contributed by atoms with Crippen molar-refractivity contribution in [2.75, 3.05) is 18.5 Å². The Balaban J connectivity index is 1.77. The fourth-order valence-electron chi connectivity index (χ4n) is 1.81. The topological polar surface area (TPSA) is 67.4 Å². The van der Waals surface area contributed by atoms with Crippen molar-refractivity contribution in [3.05, 3.63) is 58.1 Å². The number of halogens is 2. The quantitative estimate of drug-likeness (QED) is 0.822. The Morgan fingerprint density at radius 3 is 2.25 bits per heavy atom. The first kappa shape index (κ1) is 18.1. The first-order chi connectivity index (χ1) is 11.5. The zero-order chi connectivity index (χ0) is 17.5. The van der Waals surface area contributed by atoms with Crippen LogP contribution in [0.5, 0.6) is 5.75 Å². The van der Waals surface area contributed by atoms with Gasteiger partial charge in [-0.25, -0.2) is 0 Å². The molecule has 2 amide bonds. The van der Waals surface area contributed by atoms with Gasteiger partial charge >= 0.3 is 0 Å². The van der Waals surface area contributed by atoms with Crippen LogP contribution in [0.2, 0.25) is 10.0 Å². The number of aryl methyl sites for hydroxylation is 1. The summed E-state index contributed by atoms with van der Waals surface area (Å²) in [6.07, 6.45) is 0. The van der Waals surface area contributed by atoms with E-state index in [0.717, 1.165) is 5.56 Å². The van der Waals surface area contributed by atoms with Crippen molar-refractivity contribution < 1.29 is 14.3 Å². The average molecular weight is 367 g/mol. The fourth-order valence-corrected chi connectivity index (χ4v) is 2.31. The van der Waals surface area contributed by atoms with E-state index in [-0.39, 0.29) is 13.2 Å². The highest BCUT2D eigenvalue weighted by molar-refractivity contribution is 6.39. The Bertz CT molecular complexity index is 713. The number of para-hydroxylation sites is 1. The first-order valence-electron chi connectivity index (χ1n) is 7.16. The van der Waals surface area contributed by atoms with Crippen molar-refractivity contribution in [2.45, 2.75) is 6.92 Å². The zero-order valence-electron chi connectivity index (χ0n) is 12.9. The molecule has 0 aliphatic rings. The number of rotatable bonds is 6.